The quantitative estimate of drug-likeness (QED) is 0.832. The summed E-state index contributed by atoms with van der Waals surface area (Å²) < 4.78 is 5.25. The van der Waals surface area contributed by atoms with Crippen molar-refractivity contribution in [2.24, 2.45) is 0 Å². The van der Waals surface area contributed by atoms with Gasteiger partial charge in [0.05, 0.1) is 17.4 Å². The minimum Gasteiger partial charge on any atom is -0.381 e. The monoisotopic (exact) mass is 248 g/mol. The van der Waals surface area contributed by atoms with Crippen LogP contribution in [0.1, 0.15) is 18.4 Å². The van der Waals surface area contributed by atoms with Crippen LogP contribution in [0.15, 0.2) is 23.1 Å². The standard InChI is InChI=1S/C13H16N2OS/c1-16-10-6-9(7-10)15-12-4-3-5-13(17-2)11(12)8-14/h3-5,9-10,15H,6-7H2,1-2H3. The Hall–Kier alpha value is -1.18. The van der Waals surface area contributed by atoms with Crippen molar-refractivity contribution in [1.29, 1.82) is 5.26 Å². The van der Waals surface area contributed by atoms with Gasteiger partial charge >= 0.3 is 0 Å². The second-order valence-electron chi connectivity index (χ2n) is 4.17. The third kappa shape index (κ3) is 2.56. The number of nitrogens with one attached hydrogen (secondary N) is 1. The molecule has 0 amide bonds. The maximum atomic E-state index is 9.20. The van der Waals surface area contributed by atoms with Crippen LogP contribution in [0.2, 0.25) is 0 Å². The molecular weight excluding hydrogens is 232 g/mol. The number of benzene rings is 1. The zero-order valence-corrected chi connectivity index (χ0v) is 10.9. The van der Waals surface area contributed by atoms with E-state index in [1.807, 2.05) is 24.5 Å². The zero-order chi connectivity index (χ0) is 12.3. The molecule has 1 aliphatic carbocycles. The minimum absolute atomic E-state index is 0.377. The Morgan fingerprint density at radius 2 is 2.24 bits per heavy atom. The van der Waals surface area contributed by atoms with E-state index in [1.165, 1.54) is 0 Å². The highest BCUT2D eigenvalue weighted by molar-refractivity contribution is 7.98. The molecule has 1 aliphatic rings. The Labute approximate surface area is 106 Å². The molecular formula is C13H16N2OS. The average molecular weight is 248 g/mol. The summed E-state index contributed by atoms with van der Waals surface area (Å²) in [7, 11) is 1.75. The average Bonchev–Trinajstić information content (AvgIpc) is 2.32. The maximum Gasteiger partial charge on any atom is 0.102 e. The first-order chi connectivity index (χ1) is 8.28. The first-order valence-electron chi connectivity index (χ1n) is 5.65. The van der Waals surface area contributed by atoms with E-state index in [0.717, 1.165) is 29.0 Å². The number of rotatable bonds is 4. The van der Waals surface area contributed by atoms with Crippen molar-refractivity contribution >= 4 is 17.4 Å². The molecule has 3 nitrogen and oxygen atoms in total. The van der Waals surface area contributed by atoms with Crippen LogP contribution in [-0.2, 0) is 4.74 Å². The molecule has 1 fully saturated rings. The minimum atomic E-state index is 0.377. The molecule has 0 spiro atoms. The van der Waals surface area contributed by atoms with Gasteiger partial charge in [0.15, 0.2) is 0 Å². The first-order valence-corrected chi connectivity index (χ1v) is 6.87. The van der Waals surface area contributed by atoms with E-state index in [1.54, 1.807) is 18.9 Å². The Morgan fingerprint density at radius 1 is 1.47 bits per heavy atom. The van der Waals surface area contributed by atoms with E-state index >= 15 is 0 Å². The lowest BCUT2D eigenvalue weighted by molar-refractivity contribution is 0.0328. The van der Waals surface area contributed by atoms with Crippen LogP contribution in [0.3, 0.4) is 0 Å². The molecule has 0 heterocycles. The van der Waals surface area contributed by atoms with Gasteiger partial charge in [0.2, 0.25) is 0 Å². The predicted octanol–water partition coefficient (Wildman–Crippen LogP) is 2.87. The van der Waals surface area contributed by atoms with E-state index in [0.29, 0.717) is 12.1 Å². The molecule has 1 saturated carbocycles. The van der Waals surface area contributed by atoms with Crippen molar-refractivity contribution in [3.8, 4) is 6.07 Å². The lowest BCUT2D eigenvalue weighted by atomic mass is 9.89. The molecule has 4 heteroatoms. The number of thioether (sulfide) groups is 1. The Bertz CT molecular complexity index is 436. The third-order valence-corrected chi connectivity index (χ3v) is 3.93. The number of hydrogen-bond donors (Lipinski definition) is 1. The number of methoxy groups -OCH3 is 1. The summed E-state index contributed by atoms with van der Waals surface area (Å²) in [6.45, 7) is 0. The van der Waals surface area contributed by atoms with Crippen molar-refractivity contribution in [3.05, 3.63) is 23.8 Å². The number of ether oxygens (including phenoxy) is 1. The zero-order valence-electron chi connectivity index (χ0n) is 10.1. The highest BCUT2D eigenvalue weighted by atomic mass is 32.2. The van der Waals surface area contributed by atoms with Crippen LogP contribution in [0, 0.1) is 11.3 Å². The summed E-state index contributed by atoms with van der Waals surface area (Å²) >= 11 is 1.60. The number of hydrogen-bond acceptors (Lipinski definition) is 4. The van der Waals surface area contributed by atoms with Crippen LogP contribution < -0.4 is 5.32 Å². The van der Waals surface area contributed by atoms with Gasteiger partial charge in [-0.2, -0.15) is 5.26 Å². The first kappa shape index (κ1) is 12.3. The normalized spacial score (nSPS) is 22.6. The molecule has 0 aromatic heterocycles. The molecule has 0 atom stereocenters. The molecule has 0 unspecified atom stereocenters. The fraction of sp³-hybridized carbons (Fsp3) is 0.462. The topological polar surface area (TPSA) is 45.0 Å². The van der Waals surface area contributed by atoms with E-state index in [2.05, 4.69) is 11.4 Å². The van der Waals surface area contributed by atoms with E-state index in [-0.39, 0.29) is 0 Å². The van der Waals surface area contributed by atoms with Crippen molar-refractivity contribution in [2.45, 2.75) is 29.9 Å². The van der Waals surface area contributed by atoms with Gasteiger partial charge in [0.25, 0.3) is 0 Å². The largest absolute Gasteiger partial charge is 0.381 e. The second kappa shape index (κ2) is 5.44. The van der Waals surface area contributed by atoms with E-state index in [4.69, 9.17) is 4.74 Å². The van der Waals surface area contributed by atoms with Gasteiger partial charge in [-0.05, 0) is 31.2 Å². The highest BCUT2D eigenvalue weighted by Gasteiger charge is 2.29. The Morgan fingerprint density at radius 3 is 2.82 bits per heavy atom. The van der Waals surface area contributed by atoms with Crippen LogP contribution in [0.4, 0.5) is 5.69 Å². The molecule has 0 bridgehead atoms. The molecule has 1 aromatic carbocycles. The van der Waals surface area contributed by atoms with Crippen LogP contribution in [0.25, 0.3) is 0 Å². The maximum absolute atomic E-state index is 9.20. The smallest absolute Gasteiger partial charge is 0.102 e. The summed E-state index contributed by atoms with van der Waals surface area (Å²) in [6, 6.07) is 8.65. The number of nitriles is 1. The van der Waals surface area contributed by atoms with E-state index < -0.39 is 0 Å². The summed E-state index contributed by atoms with van der Waals surface area (Å²) in [4.78, 5) is 1.03. The Kier molecular flexibility index (Phi) is 3.93. The Balaban J connectivity index is 2.09. The molecule has 1 N–H and O–H groups in total. The van der Waals surface area contributed by atoms with Crippen LogP contribution in [-0.4, -0.2) is 25.5 Å². The molecule has 1 aromatic rings. The van der Waals surface area contributed by atoms with Gasteiger partial charge in [-0.3, -0.25) is 0 Å². The molecule has 17 heavy (non-hydrogen) atoms. The predicted molar refractivity (Wildman–Crippen MR) is 70.4 cm³/mol. The fourth-order valence-corrected chi connectivity index (χ4v) is 2.61. The van der Waals surface area contributed by atoms with Gasteiger partial charge < -0.3 is 10.1 Å². The molecule has 0 radical (unpaired) electrons. The lowest BCUT2D eigenvalue weighted by Gasteiger charge is -2.35. The molecule has 2 rings (SSSR count). The molecule has 90 valence electrons. The fourth-order valence-electron chi connectivity index (χ4n) is 2.03. The SMILES string of the molecule is COC1CC(Nc2cccc(SC)c2C#N)C1. The second-order valence-corrected chi connectivity index (χ2v) is 5.01. The van der Waals surface area contributed by atoms with Gasteiger partial charge in [0, 0.05) is 18.0 Å². The van der Waals surface area contributed by atoms with Crippen LogP contribution in [0.5, 0.6) is 0 Å². The summed E-state index contributed by atoms with van der Waals surface area (Å²) in [5.41, 5.74) is 1.69. The molecule has 0 saturated heterocycles. The van der Waals surface area contributed by atoms with Gasteiger partial charge in [-0.25, -0.2) is 0 Å². The summed E-state index contributed by atoms with van der Waals surface area (Å²) in [5.74, 6) is 0. The van der Waals surface area contributed by atoms with Gasteiger partial charge in [0.1, 0.15) is 6.07 Å². The number of nitrogens with zero attached hydrogens (tertiary/aromatic N) is 1. The van der Waals surface area contributed by atoms with Gasteiger partial charge in [-0.1, -0.05) is 6.07 Å². The van der Waals surface area contributed by atoms with Crippen molar-refractivity contribution < 1.29 is 4.74 Å². The highest BCUT2D eigenvalue weighted by Crippen LogP contribution is 2.31. The lowest BCUT2D eigenvalue weighted by Crippen LogP contribution is -2.40. The van der Waals surface area contributed by atoms with Crippen molar-refractivity contribution in [2.75, 3.05) is 18.7 Å². The third-order valence-electron chi connectivity index (χ3n) is 3.15. The van der Waals surface area contributed by atoms with Crippen molar-refractivity contribution in [1.82, 2.24) is 0 Å². The summed E-state index contributed by atoms with van der Waals surface area (Å²) in [6.07, 6.45) is 4.40. The number of anilines is 1. The van der Waals surface area contributed by atoms with Crippen LogP contribution >= 0.6 is 11.8 Å². The summed E-state index contributed by atoms with van der Waals surface area (Å²) in [5, 5.41) is 12.6. The molecule has 0 aliphatic heterocycles. The van der Waals surface area contributed by atoms with E-state index in [9.17, 15) is 5.26 Å². The van der Waals surface area contributed by atoms with Gasteiger partial charge in [-0.15, -0.1) is 11.8 Å². The van der Waals surface area contributed by atoms with Crippen molar-refractivity contribution in [3.63, 3.8) is 0 Å².